The minimum atomic E-state index is -3.06. The summed E-state index contributed by atoms with van der Waals surface area (Å²) in [5, 5.41) is 7.33. The summed E-state index contributed by atoms with van der Waals surface area (Å²) in [6.07, 6.45) is 2.94. The Morgan fingerprint density at radius 2 is 1.67 bits per heavy atom. The van der Waals surface area contributed by atoms with Gasteiger partial charge < -0.3 is 20.1 Å². The fourth-order valence-electron chi connectivity index (χ4n) is 4.47. The third kappa shape index (κ3) is 7.35. The topological polar surface area (TPSA) is 102 Å². The maximum absolute atomic E-state index is 13.3. The van der Waals surface area contributed by atoms with Gasteiger partial charge in [0.25, 0.3) is 5.91 Å². The second-order valence-electron chi connectivity index (χ2n) is 9.43. The lowest BCUT2D eigenvalue weighted by Crippen LogP contribution is -2.29. The van der Waals surface area contributed by atoms with Crippen molar-refractivity contribution in [3.8, 4) is 5.75 Å². The quantitative estimate of drug-likeness (QED) is 0.152. The van der Waals surface area contributed by atoms with Crippen LogP contribution in [0.4, 0.5) is 13.6 Å². The number of aromatic nitrogens is 2. The summed E-state index contributed by atoms with van der Waals surface area (Å²) in [7, 11) is 0. The van der Waals surface area contributed by atoms with Gasteiger partial charge in [0.05, 0.1) is 28.0 Å². The van der Waals surface area contributed by atoms with E-state index in [1.54, 1.807) is 12.3 Å². The summed E-state index contributed by atoms with van der Waals surface area (Å²) in [5.74, 6) is -0.762. The number of hydrogen-bond acceptors (Lipinski definition) is 7. The van der Waals surface area contributed by atoms with Crippen LogP contribution >= 0.6 is 11.3 Å². The third-order valence-corrected chi connectivity index (χ3v) is 7.72. The zero-order valence-corrected chi connectivity index (χ0v) is 23.3. The van der Waals surface area contributed by atoms with E-state index >= 15 is 0 Å². The molecular formula is C31H28F2N4O4S. The summed E-state index contributed by atoms with van der Waals surface area (Å²) in [4.78, 5) is 34.6. The molecule has 2 N–H and O–H groups in total. The van der Waals surface area contributed by atoms with Gasteiger partial charge in [-0.3, -0.25) is 9.78 Å². The molecule has 0 aliphatic rings. The van der Waals surface area contributed by atoms with Gasteiger partial charge in [0.2, 0.25) is 0 Å². The number of nitrogens with one attached hydrogen (secondary N) is 2. The molecule has 0 saturated heterocycles. The highest BCUT2D eigenvalue weighted by atomic mass is 32.1. The van der Waals surface area contributed by atoms with Crippen LogP contribution in [-0.4, -0.2) is 35.1 Å². The Labute approximate surface area is 244 Å². The number of halogens is 2. The number of thiazole rings is 1. The molecule has 0 radical (unpaired) electrons. The van der Waals surface area contributed by atoms with Crippen LogP contribution in [0.15, 0.2) is 85.1 Å². The summed E-state index contributed by atoms with van der Waals surface area (Å²) >= 11 is 1.45. The molecular weight excluding hydrogens is 562 g/mol. The Morgan fingerprint density at radius 1 is 0.905 bits per heavy atom. The number of amides is 2. The number of rotatable bonds is 12. The lowest BCUT2D eigenvalue weighted by molar-refractivity contribution is -0.0501. The van der Waals surface area contributed by atoms with Crippen molar-refractivity contribution in [1.82, 2.24) is 20.6 Å². The highest BCUT2D eigenvalue weighted by molar-refractivity contribution is 7.19. The predicted octanol–water partition coefficient (Wildman–Crippen LogP) is 7.01. The molecule has 3 aromatic carbocycles. The Kier molecular flexibility index (Phi) is 9.50. The average molecular weight is 591 g/mol. The third-order valence-electron chi connectivity index (χ3n) is 6.50. The first-order chi connectivity index (χ1) is 20.5. The van der Waals surface area contributed by atoms with Gasteiger partial charge in [-0.15, -0.1) is 11.3 Å². The number of alkyl halides is 2. The fraction of sp³-hybridized carbons (Fsp3) is 0.226. The van der Waals surface area contributed by atoms with Gasteiger partial charge in [0.15, 0.2) is 0 Å². The Hall–Kier alpha value is -4.64. The van der Waals surface area contributed by atoms with Gasteiger partial charge in [-0.2, -0.15) is 8.78 Å². The SMILES string of the molecule is O=C(NCCCC[C@H](NC(=O)c1ccccc1OC(F)F)c1nc2cnc3ccccc3c2s1)OCc1ccccc1. The Balaban J connectivity index is 1.27. The van der Waals surface area contributed by atoms with Gasteiger partial charge in [-0.1, -0.05) is 60.7 Å². The van der Waals surface area contributed by atoms with Crippen molar-refractivity contribution in [2.24, 2.45) is 0 Å². The van der Waals surface area contributed by atoms with Gasteiger partial charge in [-0.05, 0) is 43.0 Å². The van der Waals surface area contributed by atoms with Crippen LogP contribution in [0.25, 0.3) is 21.1 Å². The van der Waals surface area contributed by atoms with E-state index in [2.05, 4.69) is 20.4 Å². The first-order valence-corrected chi connectivity index (χ1v) is 14.2. The van der Waals surface area contributed by atoms with Crippen LogP contribution in [0.1, 0.15) is 46.2 Å². The first kappa shape index (κ1) is 28.9. The second-order valence-corrected chi connectivity index (χ2v) is 10.5. The summed E-state index contributed by atoms with van der Waals surface area (Å²) < 4.78 is 36.7. The number of benzene rings is 3. The maximum Gasteiger partial charge on any atom is 0.407 e. The highest BCUT2D eigenvalue weighted by Gasteiger charge is 2.23. The highest BCUT2D eigenvalue weighted by Crippen LogP contribution is 2.33. The molecule has 5 aromatic rings. The predicted molar refractivity (Wildman–Crippen MR) is 157 cm³/mol. The van der Waals surface area contributed by atoms with Crippen LogP contribution in [0.2, 0.25) is 0 Å². The van der Waals surface area contributed by atoms with E-state index < -0.39 is 24.7 Å². The summed E-state index contributed by atoms with van der Waals surface area (Å²) in [6.45, 7) is -2.50. The zero-order chi connectivity index (χ0) is 29.3. The Morgan fingerprint density at radius 3 is 2.50 bits per heavy atom. The van der Waals surface area contributed by atoms with Gasteiger partial charge in [-0.25, -0.2) is 9.78 Å². The van der Waals surface area contributed by atoms with E-state index in [4.69, 9.17) is 9.72 Å². The number of pyridine rings is 1. The smallest absolute Gasteiger partial charge is 0.407 e. The molecule has 1 atom stereocenters. The molecule has 216 valence electrons. The van der Waals surface area contributed by atoms with E-state index in [1.165, 1.54) is 29.5 Å². The van der Waals surface area contributed by atoms with E-state index in [0.717, 1.165) is 21.2 Å². The number of alkyl carbamates (subject to hydrolysis) is 1. The van der Waals surface area contributed by atoms with Crippen molar-refractivity contribution in [3.63, 3.8) is 0 Å². The number of para-hydroxylation sites is 2. The van der Waals surface area contributed by atoms with Crippen molar-refractivity contribution < 1.29 is 27.8 Å². The van der Waals surface area contributed by atoms with Crippen molar-refractivity contribution in [2.75, 3.05) is 6.54 Å². The van der Waals surface area contributed by atoms with E-state index in [-0.39, 0.29) is 17.9 Å². The minimum absolute atomic E-state index is 0.00106. The molecule has 0 fully saturated rings. The molecule has 2 aromatic heterocycles. The largest absolute Gasteiger partial charge is 0.445 e. The molecule has 0 aliphatic heterocycles. The number of fused-ring (bicyclic) bond motifs is 3. The molecule has 42 heavy (non-hydrogen) atoms. The van der Waals surface area contributed by atoms with Gasteiger partial charge >= 0.3 is 12.7 Å². The van der Waals surface area contributed by atoms with Gasteiger partial charge in [0, 0.05) is 11.9 Å². The van der Waals surface area contributed by atoms with E-state index in [0.29, 0.717) is 36.3 Å². The van der Waals surface area contributed by atoms with Crippen molar-refractivity contribution in [1.29, 1.82) is 0 Å². The first-order valence-electron chi connectivity index (χ1n) is 13.4. The lowest BCUT2D eigenvalue weighted by Gasteiger charge is -2.18. The van der Waals surface area contributed by atoms with Crippen LogP contribution in [0.5, 0.6) is 5.75 Å². The van der Waals surface area contributed by atoms with Crippen LogP contribution in [-0.2, 0) is 11.3 Å². The average Bonchev–Trinajstić information content (AvgIpc) is 3.45. The summed E-state index contributed by atoms with van der Waals surface area (Å²) in [6, 6.07) is 22.5. The van der Waals surface area contributed by atoms with E-state index in [1.807, 2.05) is 54.6 Å². The summed E-state index contributed by atoms with van der Waals surface area (Å²) in [5.41, 5.74) is 2.44. The van der Waals surface area contributed by atoms with Crippen molar-refractivity contribution >= 4 is 44.5 Å². The molecule has 0 saturated carbocycles. The number of unbranched alkanes of at least 4 members (excludes halogenated alkanes) is 1. The zero-order valence-electron chi connectivity index (χ0n) is 22.5. The number of carbonyl (C=O) groups is 2. The molecule has 11 heteroatoms. The van der Waals surface area contributed by atoms with Crippen LogP contribution in [0.3, 0.4) is 0 Å². The molecule has 0 spiro atoms. The molecule has 5 rings (SSSR count). The molecule has 0 aliphatic carbocycles. The molecule has 2 amide bonds. The van der Waals surface area contributed by atoms with Gasteiger partial charge in [0.1, 0.15) is 22.9 Å². The Bertz CT molecular complexity index is 1670. The monoisotopic (exact) mass is 590 g/mol. The lowest BCUT2D eigenvalue weighted by atomic mass is 10.1. The van der Waals surface area contributed by atoms with Crippen molar-refractivity contribution in [2.45, 2.75) is 38.5 Å². The number of carbonyl (C=O) groups excluding carboxylic acids is 2. The maximum atomic E-state index is 13.3. The fourth-order valence-corrected chi connectivity index (χ4v) is 5.63. The van der Waals surface area contributed by atoms with E-state index in [9.17, 15) is 18.4 Å². The van der Waals surface area contributed by atoms with Crippen LogP contribution in [0, 0.1) is 0 Å². The number of ether oxygens (including phenoxy) is 2. The van der Waals surface area contributed by atoms with Crippen LogP contribution < -0.4 is 15.4 Å². The number of hydrogen-bond donors (Lipinski definition) is 2. The minimum Gasteiger partial charge on any atom is -0.445 e. The van der Waals surface area contributed by atoms with Crippen molar-refractivity contribution in [3.05, 3.63) is 101 Å². The molecule has 8 nitrogen and oxygen atoms in total. The molecule has 0 unspecified atom stereocenters. The second kappa shape index (κ2) is 13.8. The number of nitrogens with zero attached hydrogens (tertiary/aromatic N) is 2. The standard InChI is InChI=1S/C31H28F2N4O4S/c32-30(33)41-26-16-7-5-13-22(26)28(38)36-24(15-8-9-17-34-31(39)40-19-20-10-2-1-3-11-20)29-37-25-18-35-23-14-6-4-12-21(23)27(25)42-29/h1-7,10-14,16,18,24,30H,8-9,15,17,19H2,(H,34,39)(H,36,38)/t24-/m0/s1. The normalized spacial score (nSPS) is 11.9. The molecule has 2 heterocycles. The molecule has 0 bridgehead atoms.